The second kappa shape index (κ2) is 11.1. The van der Waals surface area contributed by atoms with Gasteiger partial charge in [0.1, 0.15) is 12.4 Å². The molecule has 0 radical (unpaired) electrons. The third-order valence-electron chi connectivity index (χ3n) is 5.89. The van der Waals surface area contributed by atoms with Crippen molar-refractivity contribution in [3.8, 4) is 5.75 Å². The predicted octanol–water partition coefficient (Wildman–Crippen LogP) is 4.75. The van der Waals surface area contributed by atoms with Crippen LogP contribution in [-0.4, -0.2) is 41.0 Å². The van der Waals surface area contributed by atoms with Gasteiger partial charge in [0, 0.05) is 18.5 Å². The van der Waals surface area contributed by atoms with Gasteiger partial charge in [-0.2, -0.15) is 0 Å². The van der Waals surface area contributed by atoms with Gasteiger partial charge in [-0.1, -0.05) is 30.3 Å². The number of nitrogens with zero attached hydrogens (tertiary/aromatic N) is 2. The summed E-state index contributed by atoms with van der Waals surface area (Å²) in [6, 6.07) is 17.2. The molecule has 1 fully saturated rings. The zero-order valence-corrected chi connectivity index (χ0v) is 19.5. The van der Waals surface area contributed by atoms with E-state index in [1.807, 2.05) is 16.3 Å². The molecule has 2 heterocycles. The van der Waals surface area contributed by atoms with E-state index < -0.39 is 12.1 Å². The molecule has 33 heavy (non-hydrogen) atoms. The number of likely N-dealkylation sites (tertiary alicyclic amines) is 1. The maximum Gasteiger partial charge on any atom is 0.338 e. The maximum atomic E-state index is 12.8. The van der Waals surface area contributed by atoms with Gasteiger partial charge >= 0.3 is 5.97 Å². The topological polar surface area (TPSA) is 68.7 Å². The normalized spacial score (nSPS) is 15.1. The van der Waals surface area contributed by atoms with Crippen molar-refractivity contribution >= 4 is 23.2 Å². The molecular formula is C26H28N2O4S. The van der Waals surface area contributed by atoms with E-state index in [0.29, 0.717) is 36.9 Å². The van der Waals surface area contributed by atoms with Crippen LogP contribution >= 0.6 is 11.3 Å². The van der Waals surface area contributed by atoms with Crippen LogP contribution in [0.25, 0.3) is 0 Å². The lowest BCUT2D eigenvalue weighted by Gasteiger charge is -2.33. The molecule has 1 saturated heterocycles. The van der Waals surface area contributed by atoms with Crippen LogP contribution in [0, 0.1) is 5.92 Å². The summed E-state index contributed by atoms with van der Waals surface area (Å²) >= 11 is 1.52. The molecule has 4 rings (SSSR count). The molecule has 1 unspecified atom stereocenters. The van der Waals surface area contributed by atoms with Gasteiger partial charge in [-0.15, -0.1) is 11.3 Å². The lowest BCUT2D eigenvalue weighted by atomic mass is 9.90. The first-order valence-corrected chi connectivity index (χ1v) is 12.2. The molecule has 1 amide bonds. The van der Waals surface area contributed by atoms with Crippen molar-refractivity contribution in [1.29, 1.82) is 0 Å². The third-order valence-corrected chi connectivity index (χ3v) is 6.52. The number of aromatic nitrogens is 1. The fourth-order valence-corrected chi connectivity index (χ4v) is 4.54. The molecule has 0 N–H and O–H groups in total. The van der Waals surface area contributed by atoms with E-state index in [-0.39, 0.29) is 5.91 Å². The van der Waals surface area contributed by atoms with Crippen LogP contribution in [0.4, 0.5) is 0 Å². The summed E-state index contributed by atoms with van der Waals surface area (Å²) in [6.07, 6.45) is 2.15. The monoisotopic (exact) mass is 464 g/mol. The van der Waals surface area contributed by atoms with E-state index in [4.69, 9.17) is 9.47 Å². The van der Waals surface area contributed by atoms with Crippen LogP contribution in [0.15, 0.2) is 65.5 Å². The molecule has 1 aromatic heterocycles. The van der Waals surface area contributed by atoms with E-state index in [1.54, 1.807) is 36.7 Å². The Kier molecular flexibility index (Phi) is 7.73. The molecule has 172 valence electrons. The molecule has 0 saturated carbocycles. The summed E-state index contributed by atoms with van der Waals surface area (Å²) in [6.45, 7) is 3.41. The smallest absolute Gasteiger partial charge is 0.338 e. The minimum atomic E-state index is -0.816. The average Bonchev–Trinajstić information content (AvgIpc) is 3.37. The summed E-state index contributed by atoms with van der Waals surface area (Å²) in [5.74, 6) is 0.568. The van der Waals surface area contributed by atoms with E-state index in [1.165, 1.54) is 16.9 Å². The lowest BCUT2D eigenvalue weighted by Crippen LogP contribution is -2.44. The number of hydrogen-bond donors (Lipinski definition) is 0. The van der Waals surface area contributed by atoms with Gasteiger partial charge in [0.25, 0.3) is 5.91 Å². The Labute approximate surface area is 198 Å². The number of carbonyl (C=O) groups excluding carboxylic acids is 2. The molecule has 2 aromatic carbocycles. The highest BCUT2D eigenvalue weighted by Gasteiger charge is 2.28. The van der Waals surface area contributed by atoms with Crippen LogP contribution < -0.4 is 4.74 Å². The van der Waals surface area contributed by atoms with Crippen LogP contribution in [0.2, 0.25) is 0 Å². The van der Waals surface area contributed by atoms with Crippen molar-refractivity contribution in [2.75, 3.05) is 13.1 Å². The quantitative estimate of drug-likeness (QED) is 0.450. The Bertz CT molecular complexity index is 1030. The predicted molar refractivity (Wildman–Crippen MR) is 127 cm³/mol. The molecule has 0 spiro atoms. The van der Waals surface area contributed by atoms with Crippen molar-refractivity contribution in [1.82, 2.24) is 9.88 Å². The summed E-state index contributed by atoms with van der Waals surface area (Å²) in [7, 11) is 0. The number of thiazole rings is 1. The molecule has 1 aliphatic rings. The number of ether oxygens (including phenoxy) is 2. The zero-order chi connectivity index (χ0) is 23.0. The Morgan fingerprint density at radius 1 is 1.09 bits per heavy atom. The van der Waals surface area contributed by atoms with Crippen molar-refractivity contribution in [2.45, 2.75) is 38.9 Å². The van der Waals surface area contributed by atoms with Crippen molar-refractivity contribution in [2.24, 2.45) is 5.92 Å². The first kappa shape index (κ1) is 23.0. The zero-order valence-electron chi connectivity index (χ0n) is 18.7. The van der Waals surface area contributed by atoms with Gasteiger partial charge in [-0.3, -0.25) is 4.79 Å². The van der Waals surface area contributed by atoms with Crippen LogP contribution in [0.5, 0.6) is 5.75 Å². The summed E-state index contributed by atoms with van der Waals surface area (Å²) < 4.78 is 11.1. The summed E-state index contributed by atoms with van der Waals surface area (Å²) in [4.78, 5) is 31.3. The number of amides is 1. The molecule has 7 heteroatoms. The highest BCUT2D eigenvalue weighted by Crippen LogP contribution is 2.23. The molecular weight excluding hydrogens is 436 g/mol. The van der Waals surface area contributed by atoms with Gasteiger partial charge in [-0.25, -0.2) is 9.78 Å². The Morgan fingerprint density at radius 3 is 2.48 bits per heavy atom. The Balaban J connectivity index is 1.22. The fourth-order valence-electron chi connectivity index (χ4n) is 3.99. The lowest BCUT2D eigenvalue weighted by molar-refractivity contribution is -0.141. The summed E-state index contributed by atoms with van der Waals surface area (Å²) in [5, 5.41) is 1.93. The second-order valence-electron chi connectivity index (χ2n) is 8.30. The van der Waals surface area contributed by atoms with Crippen molar-refractivity contribution in [3.05, 3.63) is 82.3 Å². The average molecular weight is 465 g/mol. The van der Waals surface area contributed by atoms with E-state index >= 15 is 0 Å². The van der Waals surface area contributed by atoms with Crippen molar-refractivity contribution in [3.63, 3.8) is 0 Å². The molecule has 0 aliphatic carbocycles. The van der Waals surface area contributed by atoms with E-state index in [9.17, 15) is 9.59 Å². The van der Waals surface area contributed by atoms with Gasteiger partial charge in [0.2, 0.25) is 0 Å². The third kappa shape index (κ3) is 6.42. The number of esters is 1. The number of carbonyl (C=O) groups is 2. The highest BCUT2D eigenvalue weighted by atomic mass is 32.1. The maximum absolute atomic E-state index is 12.8. The number of hydrogen-bond acceptors (Lipinski definition) is 6. The van der Waals surface area contributed by atoms with Gasteiger partial charge in [-0.05, 0) is 61.9 Å². The molecule has 3 aromatic rings. The number of rotatable bonds is 8. The van der Waals surface area contributed by atoms with Gasteiger partial charge in [0.15, 0.2) is 6.10 Å². The second-order valence-corrected chi connectivity index (χ2v) is 9.02. The number of benzene rings is 2. The standard InChI is InChI=1S/C26H28N2O4S/c1-19(25(29)28-13-11-21(12-14-28)15-20-5-3-2-4-6-20)32-26(30)22-7-9-24(10-8-22)31-16-23-17-33-18-27-23/h2-10,17-19,21H,11-16H2,1H3. The SMILES string of the molecule is CC(OC(=O)c1ccc(OCc2cscn2)cc1)C(=O)N1CCC(Cc2ccccc2)CC1. The first-order valence-electron chi connectivity index (χ1n) is 11.2. The fraction of sp³-hybridized carbons (Fsp3) is 0.346. The largest absolute Gasteiger partial charge is 0.487 e. The van der Waals surface area contributed by atoms with Crippen LogP contribution in [0.3, 0.4) is 0 Å². The molecule has 6 nitrogen and oxygen atoms in total. The molecule has 1 atom stereocenters. The van der Waals surface area contributed by atoms with Crippen LogP contribution in [0.1, 0.15) is 41.4 Å². The summed E-state index contributed by atoms with van der Waals surface area (Å²) in [5.41, 5.74) is 4.34. The number of piperidine rings is 1. The Hall–Kier alpha value is -3.19. The minimum Gasteiger partial charge on any atom is -0.487 e. The van der Waals surface area contributed by atoms with E-state index in [2.05, 4.69) is 29.2 Å². The molecule has 0 bridgehead atoms. The highest BCUT2D eigenvalue weighted by molar-refractivity contribution is 7.07. The van der Waals surface area contributed by atoms with Crippen LogP contribution in [-0.2, 0) is 22.6 Å². The Morgan fingerprint density at radius 2 is 1.82 bits per heavy atom. The van der Waals surface area contributed by atoms with Gasteiger partial charge < -0.3 is 14.4 Å². The minimum absolute atomic E-state index is 0.135. The van der Waals surface area contributed by atoms with E-state index in [0.717, 1.165) is 25.0 Å². The first-order chi connectivity index (χ1) is 16.1. The van der Waals surface area contributed by atoms with Gasteiger partial charge in [0.05, 0.1) is 16.8 Å². The van der Waals surface area contributed by atoms with Crippen molar-refractivity contribution < 1.29 is 19.1 Å². The molecule has 1 aliphatic heterocycles.